The zero-order chi connectivity index (χ0) is 12.5. The molecule has 3 aromatic rings. The van der Waals surface area contributed by atoms with Gasteiger partial charge in [0.05, 0.1) is 18.3 Å². The number of hydrogen-bond acceptors (Lipinski definition) is 3. The summed E-state index contributed by atoms with van der Waals surface area (Å²) in [6.45, 7) is 1.92. The predicted octanol–water partition coefficient (Wildman–Crippen LogP) is 2.22. The summed E-state index contributed by atoms with van der Waals surface area (Å²) in [5.41, 5.74) is 2.73. The summed E-state index contributed by atoms with van der Waals surface area (Å²) in [6.07, 6.45) is 1.82. The molecule has 0 amide bonds. The van der Waals surface area contributed by atoms with Crippen LogP contribution in [0.5, 0.6) is 0 Å². The highest BCUT2D eigenvalue weighted by molar-refractivity contribution is 5.79. The van der Waals surface area contributed by atoms with Crippen LogP contribution in [-0.4, -0.2) is 19.9 Å². The van der Waals surface area contributed by atoms with Gasteiger partial charge in [-0.05, 0) is 30.7 Å². The highest BCUT2D eigenvalue weighted by atomic mass is 16.3. The second-order valence-corrected chi connectivity index (χ2v) is 4.25. The van der Waals surface area contributed by atoms with Gasteiger partial charge in [0.15, 0.2) is 5.82 Å². The molecule has 0 radical (unpaired) electrons. The number of aliphatic hydroxyl groups excluding tert-OH is 1. The molecule has 2 aromatic heterocycles. The average Bonchev–Trinajstić information content (AvgIpc) is 2.81. The summed E-state index contributed by atoms with van der Waals surface area (Å²) in [5, 5.41) is 14.7. The van der Waals surface area contributed by atoms with Crippen LogP contribution in [0.3, 0.4) is 0 Å². The van der Waals surface area contributed by atoms with Gasteiger partial charge in [-0.25, -0.2) is 9.67 Å². The number of benzene rings is 1. The molecule has 0 unspecified atom stereocenters. The summed E-state index contributed by atoms with van der Waals surface area (Å²) < 4.78 is 1.79. The van der Waals surface area contributed by atoms with Crippen LogP contribution in [0.15, 0.2) is 42.6 Å². The lowest BCUT2D eigenvalue weighted by Gasteiger charge is -2.06. The minimum Gasteiger partial charge on any atom is -0.392 e. The van der Waals surface area contributed by atoms with Crippen LogP contribution >= 0.6 is 0 Å². The van der Waals surface area contributed by atoms with Crippen LogP contribution in [0.2, 0.25) is 0 Å². The summed E-state index contributed by atoms with van der Waals surface area (Å²) in [6, 6.07) is 11.7. The van der Waals surface area contributed by atoms with Gasteiger partial charge in [0.25, 0.3) is 0 Å². The van der Waals surface area contributed by atoms with E-state index in [4.69, 9.17) is 0 Å². The molecule has 1 aromatic carbocycles. The molecule has 0 saturated heterocycles. The summed E-state index contributed by atoms with van der Waals surface area (Å²) in [7, 11) is 0. The minimum atomic E-state index is 0.00949. The van der Waals surface area contributed by atoms with Gasteiger partial charge in [0, 0.05) is 11.1 Å². The normalized spacial score (nSPS) is 11.0. The number of pyridine rings is 1. The first-order chi connectivity index (χ1) is 8.78. The van der Waals surface area contributed by atoms with Crippen molar-refractivity contribution in [3.8, 4) is 5.82 Å². The van der Waals surface area contributed by atoms with E-state index in [1.54, 1.807) is 4.68 Å². The molecular weight excluding hydrogens is 226 g/mol. The highest BCUT2D eigenvalue weighted by Gasteiger charge is 2.07. The maximum Gasteiger partial charge on any atom is 0.154 e. The Labute approximate surface area is 105 Å². The lowest BCUT2D eigenvalue weighted by atomic mass is 10.2. The summed E-state index contributed by atoms with van der Waals surface area (Å²) in [4.78, 5) is 4.46. The van der Waals surface area contributed by atoms with Crippen LogP contribution < -0.4 is 0 Å². The Morgan fingerprint density at radius 3 is 2.89 bits per heavy atom. The Hall–Kier alpha value is -2.20. The van der Waals surface area contributed by atoms with Crippen molar-refractivity contribution in [1.82, 2.24) is 14.8 Å². The molecule has 0 aliphatic carbocycles. The third-order valence-electron chi connectivity index (χ3n) is 2.88. The van der Waals surface area contributed by atoms with E-state index in [1.165, 1.54) is 0 Å². The zero-order valence-corrected chi connectivity index (χ0v) is 10.0. The van der Waals surface area contributed by atoms with E-state index in [-0.39, 0.29) is 6.61 Å². The van der Waals surface area contributed by atoms with Crippen molar-refractivity contribution < 1.29 is 5.11 Å². The van der Waals surface area contributed by atoms with Crippen LogP contribution in [0, 0.1) is 6.92 Å². The van der Waals surface area contributed by atoms with Gasteiger partial charge in [-0.2, -0.15) is 5.10 Å². The van der Waals surface area contributed by atoms with Gasteiger partial charge in [-0.15, -0.1) is 0 Å². The number of aromatic nitrogens is 3. The molecule has 0 fully saturated rings. The smallest absolute Gasteiger partial charge is 0.154 e. The van der Waals surface area contributed by atoms with Crippen molar-refractivity contribution in [3.05, 3.63) is 53.9 Å². The lowest BCUT2D eigenvalue weighted by Crippen LogP contribution is -2.02. The first-order valence-corrected chi connectivity index (χ1v) is 5.79. The maximum absolute atomic E-state index is 9.24. The summed E-state index contributed by atoms with van der Waals surface area (Å²) in [5.74, 6) is 0.736. The highest BCUT2D eigenvalue weighted by Crippen LogP contribution is 2.18. The van der Waals surface area contributed by atoms with Gasteiger partial charge >= 0.3 is 0 Å². The predicted molar refractivity (Wildman–Crippen MR) is 69.5 cm³/mol. The van der Waals surface area contributed by atoms with E-state index in [1.807, 2.05) is 49.5 Å². The monoisotopic (exact) mass is 239 g/mol. The molecule has 0 saturated carbocycles. The largest absolute Gasteiger partial charge is 0.392 e. The van der Waals surface area contributed by atoms with Crippen LogP contribution in [0.4, 0.5) is 0 Å². The van der Waals surface area contributed by atoms with Crippen LogP contribution in [0.25, 0.3) is 16.7 Å². The van der Waals surface area contributed by atoms with Crippen molar-refractivity contribution in [2.24, 2.45) is 0 Å². The second kappa shape index (κ2) is 4.23. The fraction of sp³-hybridized carbons (Fsp3) is 0.143. The SMILES string of the molecule is Cc1cc(CO)cc(-n2ncc3ccccc32)n1. The fourth-order valence-electron chi connectivity index (χ4n) is 2.08. The van der Waals surface area contributed by atoms with E-state index in [2.05, 4.69) is 10.1 Å². The quantitative estimate of drug-likeness (QED) is 0.746. The maximum atomic E-state index is 9.24. The molecule has 0 atom stereocenters. The van der Waals surface area contributed by atoms with Crippen LogP contribution in [0.1, 0.15) is 11.3 Å². The molecule has 0 spiro atoms. The second-order valence-electron chi connectivity index (χ2n) is 4.25. The number of para-hydroxylation sites is 1. The molecule has 18 heavy (non-hydrogen) atoms. The molecule has 0 aliphatic rings. The molecule has 2 heterocycles. The van der Waals surface area contributed by atoms with E-state index in [0.29, 0.717) is 0 Å². The van der Waals surface area contributed by atoms with E-state index in [0.717, 1.165) is 28.0 Å². The van der Waals surface area contributed by atoms with E-state index >= 15 is 0 Å². The zero-order valence-electron chi connectivity index (χ0n) is 10.0. The first-order valence-electron chi connectivity index (χ1n) is 5.79. The average molecular weight is 239 g/mol. The van der Waals surface area contributed by atoms with E-state index < -0.39 is 0 Å². The van der Waals surface area contributed by atoms with Crippen LogP contribution in [-0.2, 0) is 6.61 Å². The number of fused-ring (bicyclic) bond motifs is 1. The minimum absolute atomic E-state index is 0.00949. The Morgan fingerprint density at radius 1 is 1.22 bits per heavy atom. The Balaban J connectivity index is 2.22. The molecule has 1 N–H and O–H groups in total. The Bertz CT molecular complexity index is 703. The van der Waals surface area contributed by atoms with Gasteiger partial charge in [-0.3, -0.25) is 0 Å². The number of aryl methyl sites for hydroxylation is 1. The van der Waals surface area contributed by atoms with Crippen molar-refractivity contribution in [1.29, 1.82) is 0 Å². The molecule has 3 rings (SSSR count). The van der Waals surface area contributed by atoms with Gasteiger partial charge in [0.1, 0.15) is 0 Å². The number of nitrogens with zero attached hydrogens (tertiary/aromatic N) is 3. The molecule has 4 nitrogen and oxygen atoms in total. The third kappa shape index (κ3) is 1.76. The summed E-state index contributed by atoms with van der Waals surface area (Å²) >= 11 is 0. The molecule has 90 valence electrons. The number of aliphatic hydroxyl groups is 1. The Kier molecular flexibility index (Phi) is 2.57. The Morgan fingerprint density at radius 2 is 2.06 bits per heavy atom. The number of hydrogen-bond donors (Lipinski definition) is 1. The van der Waals surface area contributed by atoms with Crippen molar-refractivity contribution in [2.75, 3.05) is 0 Å². The molecule has 0 bridgehead atoms. The van der Waals surface area contributed by atoms with Gasteiger partial charge < -0.3 is 5.11 Å². The van der Waals surface area contributed by atoms with Gasteiger partial charge in [-0.1, -0.05) is 18.2 Å². The molecule has 0 aliphatic heterocycles. The third-order valence-corrected chi connectivity index (χ3v) is 2.88. The fourth-order valence-corrected chi connectivity index (χ4v) is 2.08. The molecular formula is C14H13N3O. The van der Waals surface area contributed by atoms with Gasteiger partial charge in [0.2, 0.25) is 0 Å². The lowest BCUT2D eigenvalue weighted by molar-refractivity contribution is 0.281. The van der Waals surface area contributed by atoms with Crippen molar-refractivity contribution in [3.63, 3.8) is 0 Å². The number of rotatable bonds is 2. The van der Waals surface area contributed by atoms with Crippen molar-refractivity contribution >= 4 is 10.9 Å². The molecule has 4 heteroatoms. The first kappa shape index (κ1) is 10.9. The van der Waals surface area contributed by atoms with E-state index in [9.17, 15) is 5.11 Å². The van der Waals surface area contributed by atoms with Crippen molar-refractivity contribution in [2.45, 2.75) is 13.5 Å². The topological polar surface area (TPSA) is 50.9 Å². The standard InChI is InChI=1S/C14H13N3O/c1-10-6-11(9-18)7-14(16-10)17-13-5-3-2-4-12(13)8-15-17/h2-8,18H,9H2,1H3.